The fraction of sp³-hybridized carbons (Fsp3) is 1.00. The van der Waals surface area contributed by atoms with Gasteiger partial charge in [-0.05, 0) is 39.0 Å². The summed E-state index contributed by atoms with van der Waals surface area (Å²) in [5, 5.41) is 3.37. The standard InChI is InChI=1S/C11H26N2O2S/c1-11(2)10-12-6-5-7-13(3)8-9-16(4,14)15/h11-12H,5-10H2,1-4H3. The second-order valence-corrected chi connectivity index (χ2v) is 7.14. The monoisotopic (exact) mass is 250 g/mol. The highest BCUT2D eigenvalue weighted by Gasteiger charge is 2.04. The number of hydrogen-bond donors (Lipinski definition) is 1. The minimum Gasteiger partial charge on any atom is -0.316 e. The van der Waals surface area contributed by atoms with Crippen LogP contribution < -0.4 is 5.32 Å². The zero-order valence-electron chi connectivity index (χ0n) is 11.0. The van der Waals surface area contributed by atoms with Crippen LogP contribution in [0.25, 0.3) is 0 Å². The first-order valence-corrected chi connectivity index (χ1v) is 7.94. The summed E-state index contributed by atoms with van der Waals surface area (Å²) in [7, 11) is -0.857. The first kappa shape index (κ1) is 15.9. The van der Waals surface area contributed by atoms with Crippen molar-refractivity contribution in [1.29, 1.82) is 0 Å². The Kier molecular flexibility index (Phi) is 7.97. The molecule has 0 bridgehead atoms. The van der Waals surface area contributed by atoms with Crippen LogP contribution in [0.3, 0.4) is 0 Å². The maximum Gasteiger partial charge on any atom is 0.148 e. The molecule has 1 N–H and O–H groups in total. The van der Waals surface area contributed by atoms with E-state index in [4.69, 9.17) is 0 Å². The molecule has 0 aromatic carbocycles. The molecule has 0 amide bonds. The smallest absolute Gasteiger partial charge is 0.148 e. The van der Waals surface area contributed by atoms with E-state index in [2.05, 4.69) is 24.1 Å². The molecule has 0 spiro atoms. The van der Waals surface area contributed by atoms with E-state index >= 15 is 0 Å². The molecule has 0 fully saturated rings. The molecule has 0 unspecified atom stereocenters. The van der Waals surface area contributed by atoms with Gasteiger partial charge in [0.15, 0.2) is 0 Å². The topological polar surface area (TPSA) is 49.4 Å². The molecule has 0 aliphatic heterocycles. The van der Waals surface area contributed by atoms with Crippen molar-refractivity contribution in [3.05, 3.63) is 0 Å². The average molecular weight is 250 g/mol. The third kappa shape index (κ3) is 11.9. The molecule has 0 aliphatic carbocycles. The number of nitrogens with one attached hydrogen (secondary N) is 1. The van der Waals surface area contributed by atoms with Crippen LogP contribution in [0.4, 0.5) is 0 Å². The number of rotatable bonds is 9. The molecular formula is C11H26N2O2S. The lowest BCUT2D eigenvalue weighted by molar-refractivity contribution is 0.343. The fourth-order valence-corrected chi connectivity index (χ4v) is 1.94. The Hall–Kier alpha value is -0.130. The summed E-state index contributed by atoms with van der Waals surface area (Å²) in [6, 6.07) is 0. The molecule has 0 aromatic heterocycles. The van der Waals surface area contributed by atoms with Gasteiger partial charge in [0.25, 0.3) is 0 Å². The van der Waals surface area contributed by atoms with Crippen molar-refractivity contribution in [3.8, 4) is 0 Å². The molecular weight excluding hydrogens is 224 g/mol. The summed E-state index contributed by atoms with van der Waals surface area (Å²) in [6.45, 7) is 7.99. The molecule has 4 nitrogen and oxygen atoms in total. The van der Waals surface area contributed by atoms with E-state index in [-0.39, 0.29) is 5.75 Å². The van der Waals surface area contributed by atoms with Crippen molar-refractivity contribution in [2.24, 2.45) is 5.92 Å². The van der Waals surface area contributed by atoms with Gasteiger partial charge in [-0.3, -0.25) is 0 Å². The van der Waals surface area contributed by atoms with Crippen molar-refractivity contribution >= 4 is 9.84 Å². The van der Waals surface area contributed by atoms with Gasteiger partial charge in [0.2, 0.25) is 0 Å². The molecule has 0 aliphatic rings. The van der Waals surface area contributed by atoms with Gasteiger partial charge >= 0.3 is 0 Å². The number of sulfone groups is 1. The highest BCUT2D eigenvalue weighted by molar-refractivity contribution is 7.90. The third-order valence-electron chi connectivity index (χ3n) is 2.29. The van der Waals surface area contributed by atoms with E-state index in [0.717, 1.165) is 26.1 Å². The fourth-order valence-electron chi connectivity index (χ4n) is 1.30. The molecule has 0 heterocycles. The SMILES string of the molecule is CC(C)CNCCCN(C)CCS(C)(=O)=O. The van der Waals surface area contributed by atoms with Crippen molar-refractivity contribution in [3.63, 3.8) is 0 Å². The second-order valence-electron chi connectivity index (χ2n) is 4.88. The Morgan fingerprint density at radius 2 is 1.88 bits per heavy atom. The molecule has 0 saturated carbocycles. The quantitative estimate of drug-likeness (QED) is 0.609. The lowest BCUT2D eigenvalue weighted by Gasteiger charge is -2.16. The summed E-state index contributed by atoms with van der Waals surface area (Å²) in [5.74, 6) is 0.936. The van der Waals surface area contributed by atoms with E-state index in [0.29, 0.717) is 12.5 Å². The summed E-state index contributed by atoms with van der Waals surface area (Å²) in [6.07, 6.45) is 2.35. The molecule has 0 saturated heterocycles. The van der Waals surface area contributed by atoms with Gasteiger partial charge in [-0.25, -0.2) is 8.42 Å². The van der Waals surface area contributed by atoms with Crippen molar-refractivity contribution < 1.29 is 8.42 Å². The van der Waals surface area contributed by atoms with Gasteiger partial charge in [-0.15, -0.1) is 0 Å². The van der Waals surface area contributed by atoms with Crippen LogP contribution in [0.5, 0.6) is 0 Å². The van der Waals surface area contributed by atoms with Gasteiger partial charge in [0, 0.05) is 12.8 Å². The second kappa shape index (κ2) is 8.03. The zero-order valence-corrected chi connectivity index (χ0v) is 11.8. The average Bonchev–Trinajstić information content (AvgIpc) is 2.12. The van der Waals surface area contributed by atoms with Crippen molar-refractivity contribution in [2.75, 3.05) is 45.2 Å². The highest BCUT2D eigenvalue weighted by Crippen LogP contribution is 1.91. The molecule has 16 heavy (non-hydrogen) atoms. The number of nitrogens with zero attached hydrogens (tertiary/aromatic N) is 1. The Balaban J connectivity index is 3.41. The van der Waals surface area contributed by atoms with Gasteiger partial charge in [0.1, 0.15) is 9.84 Å². The lowest BCUT2D eigenvalue weighted by Crippen LogP contribution is -2.29. The predicted molar refractivity (Wildman–Crippen MR) is 69.5 cm³/mol. The van der Waals surface area contributed by atoms with Crippen LogP contribution in [0, 0.1) is 5.92 Å². The molecule has 0 rings (SSSR count). The van der Waals surface area contributed by atoms with E-state index in [1.807, 2.05) is 7.05 Å². The lowest BCUT2D eigenvalue weighted by atomic mass is 10.2. The third-order valence-corrected chi connectivity index (χ3v) is 3.21. The van der Waals surface area contributed by atoms with Gasteiger partial charge in [-0.2, -0.15) is 0 Å². The molecule has 0 aromatic rings. The molecule has 5 heteroatoms. The van der Waals surface area contributed by atoms with Gasteiger partial charge in [-0.1, -0.05) is 13.8 Å². The maximum absolute atomic E-state index is 10.9. The summed E-state index contributed by atoms with van der Waals surface area (Å²) >= 11 is 0. The van der Waals surface area contributed by atoms with Gasteiger partial charge in [0.05, 0.1) is 5.75 Å². The van der Waals surface area contributed by atoms with E-state index in [1.165, 1.54) is 6.26 Å². The maximum atomic E-state index is 10.9. The van der Waals surface area contributed by atoms with E-state index in [1.54, 1.807) is 0 Å². The summed E-state index contributed by atoms with van der Waals surface area (Å²) in [5.41, 5.74) is 0. The summed E-state index contributed by atoms with van der Waals surface area (Å²) < 4.78 is 21.9. The molecule has 0 atom stereocenters. The highest BCUT2D eigenvalue weighted by atomic mass is 32.2. The van der Waals surface area contributed by atoms with Crippen molar-refractivity contribution in [1.82, 2.24) is 10.2 Å². The van der Waals surface area contributed by atoms with Crippen LogP contribution in [0.15, 0.2) is 0 Å². The Morgan fingerprint density at radius 1 is 1.25 bits per heavy atom. The Labute approximate surface area is 100 Å². The Morgan fingerprint density at radius 3 is 2.38 bits per heavy atom. The summed E-state index contributed by atoms with van der Waals surface area (Å²) in [4.78, 5) is 2.07. The van der Waals surface area contributed by atoms with E-state index < -0.39 is 9.84 Å². The van der Waals surface area contributed by atoms with Crippen LogP contribution >= 0.6 is 0 Å². The predicted octanol–water partition coefficient (Wildman–Crippen LogP) is 0.599. The molecule has 0 radical (unpaired) electrons. The first-order chi connectivity index (χ1) is 7.31. The first-order valence-electron chi connectivity index (χ1n) is 5.88. The van der Waals surface area contributed by atoms with E-state index in [9.17, 15) is 8.42 Å². The van der Waals surface area contributed by atoms with Crippen LogP contribution in [-0.2, 0) is 9.84 Å². The Bertz CT molecular complexity index is 263. The van der Waals surface area contributed by atoms with Crippen LogP contribution in [0.2, 0.25) is 0 Å². The minimum atomic E-state index is -2.82. The van der Waals surface area contributed by atoms with Gasteiger partial charge < -0.3 is 10.2 Å². The van der Waals surface area contributed by atoms with Crippen molar-refractivity contribution in [2.45, 2.75) is 20.3 Å². The van der Waals surface area contributed by atoms with Crippen LogP contribution in [0.1, 0.15) is 20.3 Å². The zero-order chi connectivity index (χ0) is 12.6. The minimum absolute atomic E-state index is 0.253. The number of hydrogen-bond acceptors (Lipinski definition) is 4. The largest absolute Gasteiger partial charge is 0.316 e. The molecule has 98 valence electrons. The van der Waals surface area contributed by atoms with Crippen LogP contribution in [-0.4, -0.2) is 58.6 Å². The normalized spacial score (nSPS) is 12.6.